The van der Waals surface area contributed by atoms with Crippen molar-refractivity contribution in [2.75, 3.05) is 6.61 Å². The number of ether oxygens (including phenoxy) is 2. The van der Waals surface area contributed by atoms with Gasteiger partial charge in [0.2, 0.25) is 0 Å². The summed E-state index contributed by atoms with van der Waals surface area (Å²) in [6.07, 6.45) is 6.92. The number of thiophene rings is 1. The van der Waals surface area contributed by atoms with Gasteiger partial charge >= 0.3 is 11.9 Å². The lowest BCUT2D eigenvalue weighted by Gasteiger charge is -2.31. The molecule has 0 aromatic carbocycles. The molecule has 2 aliphatic rings. The summed E-state index contributed by atoms with van der Waals surface area (Å²) in [5.41, 5.74) is 1.56. The Kier molecular flexibility index (Phi) is 6.47. The standard InChI is InChI=1S/C24H36O4S/c1-7-27-21(25)16-11-9-8-10-15(16)20-19(22(26)28-23(2,3)4)17-14-24(5,6)13-12-18(17)29-20/h15-16H,7-14H2,1-6H3. The monoisotopic (exact) mass is 420 g/mol. The van der Waals surface area contributed by atoms with Gasteiger partial charge in [-0.05, 0) is 70.8 Å². The van der Waals surface area contributed by atoms with Crippen LogP contribution in [-0.2, 0) is 27.1 Å². The largest absolute Gasteiger partial charge is 0.466 e. The maximum absolute atomic E-state index is 13.3. The maximum atomic E-state index is 13.3. The second kappa shape index (κ2) is 8.41. The molecular weight excluding hydrogens is 384 g/mol. The van der Waals surface area contributed by atoms with E-state index in [1.54, 1.807) is 11.3 Å². The Bertz CT molecular complexity index is 769. The molecule has 0 bridgehead atoms. The zero-order chi connectivity index (χ0) is 21.4. The van der Waals surface area contributed by atoms with Gasteiger partial charge in [-0.3, -0.25) is 4.79 Å². The normalized spacial score (nSPS) is 23.9. The predicted octanol–water partition coefficient (Wildman–Crippen LogP) is 6.06. The summed E-state index contributed by atoms with van der Waals surface area (Å²) in [4.78, 5) is 28.4. The van der Waals surface area contributed by atoms with Crippen LogP contribution < -0.4 is 0 Å². The van der Waals surface area contributed by atoms with Crippen molar-refractivity contribution in [3.05, 3.63) is 20.9 Å². The molecule has 1 heterocycles. The van der Waals surface area contributed by atoms with Crippen LogP contribution in [0.2, 0.25) is 0 Å². The summed E-state index contributed by atoms with van der Waals surface area (Å²) in [5.74, 6) is -0.433. The second-order valence-electron chi connectivity index (χ2n) is 10.3. The number of rotatable bonds is 4. The summed E-state index contributed by atoms with van der Waals surface area (Å²) < 4.78 is 11.2. The highest BCUT2D eigenvalue weighted by Gasteiger charge is 2.41. The van der Waals surface area contributed by atoms with Crippen molar-refractivity contribution in [1.82, 2.24) is 0 Å². The zero-order valence-electron chi connectivity index (χ0n) is 18.9. The molecule has 2 aliphatic carbocycles. The van der Waals surface area contributed by atoms with Gasteiger partial charge in [0, 0.05) is 15.7 Å². The number of hydrogen-bond donors (Lipinski definition) is 0. The Morgan fingerprint density at radius 1 is 1.17 bits per heavy atom. The van der Waals surface area contributed by atoms with Crippen molar-refractivity contribution >= 4 is 23.3 Å². The smallest absolute Gasteiger partial charge is 0.340 e. The molecule has 162 valence electrons. The number of carbonyl (C=O) groups excluding carboxylic acids is 2. The van der Waals surface area contributed by atoms with Crippen LogP contribution >= 0.6 is 11.3 Å². The second-order valence-corrected chi connectivity index (χ2v) is 11.5. The third-order valence-electron chi connectivity index (χ3n) is 6.10. The van der Waals surface area contributed by atoms with Crippen LogP contribution in [0.5, 0.6) is 0 Å². The van der Waals surface area contributed by atoms with Crippen LogP contribution in [0, 0.1) is 11.3 Å². The van der Waals surface area contributed by atoms with Crippen molar-refractivity contribution in [2.45, 2.75) is 98.0 Å². The van der Waals surface area contributed by atoms with Crippen molar-refractivity contribution in [2.24, 2.45) is 11.3 Å². The molecule has 0 spiro atoms. The minimum Gasteiger partial charge on any atom is -0.466 e. The van der Waals surface area contributed by atoms with Gasteiger partial charge in [0.05, 0.1) is 18.1 Å². The van der Waals surface area contributed by atoms with E-state index in [4.69, 9.17) is 9.47 Å². The number of hydrogen-bond acceptors (Lipinski definition) is 5. The van der Waals surface area contributed by atoms with Crippen LogP contribution in [-0.4, -0.2) is 24.1 Å². The zero-order valence-corrected chi connectivity index (χ0v) is 19.7. The fraction of sp³-hybridized carbons (Fsp3) is 0.750. The number of fused-ring (bicyclic) bond motifs is 1. The molecule has 29 heavy (non-hydrogen) atoms. The first-order chi connectivity index (χ1) is 13.5. The molecule has 5 heteroatoms. The highest BCUT2D eigenvalue weighted by molar-refractivity contribution is 7.12. The molecule has 0 saturated heterocycles. The van der Waals surface area contributed by atoms with Crippen molar-refractivity contribution in [3.63, 3.8) is 0 Å². The topological polar surface area (TPSA) is 52.6 Å². The van der Waals surface area contributed by atoms with Gasteiger partial charge in [-0.2, -0.15) is 0 Å². The minimum atomic E-state index is -0.541. The highest BCUT2D eigenvalue weighted by atomic mass is 32.1. The molecule has 4 nitrogen and oxygen atoms in total. The first-order valence-corrected chi connectivity index (χ1v) is 11.9. The summed E-state index contributed by atoms with van der Waals surface area (Å²) in [6, 6.07) is 0. The van der Waals surface area contributed by atoms with E-state index < -0.39 is 5.60 Å². The lowest BCUT2D eigenvalue weighted by Crippen LogP contribution is -2.30. The van der Waals surface area contributed by atoms with Crippen LogP contribution in [0.3, 0.4) is 0 Å². The van der Waals surface area contributed by atoms with Gasteiger partial charge in [0.1, 0.15) is 5.60 Å². The molecule has 2 unspecified atom stereocenters. The summed E-state index contributed by atoms with van der Waals surface area (Å²) in [7, 11) is 0. The third kappa shape index (κ3) is 5.04. The molecule has 3 rings (SSSR count). The van der Waals surface area contributed by atoms with Crippen LogP contribution in [0.15, 0.2) is 0 Å². The molecule has 0 radical (unpaired) electrons. The number of carbonyl (C=O) groups is 2. The Morgan fingerprint density at radius 2 is 1.86 bits per heavy atom. The van der Waals surface area contributed by atoms with Gasteiger partial charge in [0.15, 0.2) is 0 Å². The fourth-order valence-electron chi connectivity index (χ4n) is 4.73. The molecule has 0 amide bonds. The van der Waals surface area contributed by atoms with E-state index in [0.717, 1.165) is 55.4 Å². The Hall–Kier alpha value is -1.36. The van der Waals surface area contributed by atoms with E-state index in [0.29, 0.717) is 6.61 Å². The Labute approximate surface area is 179 Å². The molecule has 1 fully saturated rings. The molecule has 1 aromatic rings. The average molecular weight is 421 g/mol. The SMILES string of the molecule is CCOC(=O)C1CCCCC1c1sc2c(c1C(=O)OC(C)(C)C)CC(C)(C)CC2. The Balaban J connectivity index is 2.06. The van der Waals surface area contributed by atoms with Crippen molar-refractivity contribution in [1.29, 1.82) is 0 Å². The number of esters is 2. The summed E-state index contributed by atoms with van der Waals surface area (Å²) >= 11 is 1.75. The van der Waals surface area contributed by atoms with Crippen molar-refractivity contribution in [3.8, 4) is 0 Å². The van der Waals surface area contributed by atoms with Crippen LogP contribution in [0.4, 0.5) is 0 Å². The lowest BCUT2D eigenvalue weighted by atomic mass is 9.74. The van der Waals surface area contributed by atoms with Gasteiger partial charge in [-0.15, -0.1) is 11.3 Å². The average Bonchev–Trinajstić information content (AvgIpc) is 2.97. The molecule has 1 saturated carbocycles. The molecular formula is C24H36O4S. The highest BCUT2D eigenvalue weighted by Crippen LogP contribution is 2.49. The fourth-order valence-corrected chi connectivity index (χ4v) is 6.24. The quantitative estimate of drug-likeness (QED) is 0.556. The summed E-state index contributed by atoms with van der Waals surface area (Å²) in [5, 5.41) is 0. The van der Waals surface area contributed by atoms with E-state index in [9.17, 15) is 9.59 Å². The lowest BCUT2D eigenvalue weighted by molar-refractivity contribution is -0.149. The third-order valence-corrected chi connectivity index (χ3v) is 7.52. The van der Waals surface area contributed by atoms with Crippen molar-refractivity contribution < 1.29 is 19.1 Å². The number of aryl methyl sites for hydroxylation is 1. The van der Waals surface area contributed by atoms with Crippen LogP contribution in [0.25, 0.3) is 0 Å². The summed E-state index contributed by atoms with van der Waals surface area (Å²) in [6.45, 7) is 12.5. The van der Waals surface area contributed by atoms with E-state index in [-0.39, 0.29) is 29.2 Å². The first kappa shape index (κ1) is 22.3. The Morgan fingerprint density at radius 3 is 2.52 bits per heavy atom. The molecule has 0 N–H and O–H groups in total. The van der Waals surface area contributed by atoms with E-state index >= 15 is 0 Å². The van der Waals surface area contributed by atoms with E-state index in [2.05, 4.69) is 13.8 Å². The molecule has 1 aromatic heterocycles. The predicted molar refractivity (Wildman–Crippen MR) is 117 cm³/mol. The van der Waals surface area contributed by atoms with Gasteiger partial charge in [0.25, 0.3) is 0 Å². The van der Waals surface area contributed by atoms with Gasteiger partial charge in [-0.1, -0.05) is 26.7 Å². The first-order valence-electron chi connectivity index (χ1n) is 11.1. The van der Waals surface area contributed by atoms with E-state index in [1.165, 1.54) is 10.4 Å². The van der Waals surface area contributed by atoms with Gasteiger partial charge < -0.3 is 9.47 Å². The molecule has 2 atom stereocenters. The maximum Gasteiger partial charge on any atom is 0.340 e. The van der Waals surface area contributed by atoms with Gasteiger partial charge in [-0.25, -0.2) is 4.79 Å². The minimum absolute atomic E-state index is 0.0593. The molecule has 0 aliphatic heterocycles. The van der Waals surface area contributed by atoms with Crippen LogP contribution in [0.1, 0.15) is 105 Å². The van der Waals surface area contributed by atoms with E-state index in [1.807, 2.05) is 27.7 Å².